The van der Waals surface area contributed by atoms with Crippen LogP contribution in [0, 0.1) is 0 Å². The molecule has 178 valence electrons. The quantitative estimate of drug-likeness (QED) is 0.369. The molecule has 0 aliphatic carbocycles. The van der Waals surface area contributed by atoms with Crippen LogP contribution in [-0.4, -0.2) is 28.8 Å². The molecular formula is C28H30Cl2N2O2. The van der Waals surface area contributed by atoms with Crippen molar-refractivity contribution in [1.82, 2.24) is 10.2 Å². The van der Waals surface area contributed by atoms with Crippen molar-refractivity contribution in [2.24, 2.45) is 0 Å². The van der Waals surface area contributed by atoms with E-state index in [0.717, 1.165) is 16.7 Å². The molecule has 0 radical (unpaired) electrons. The molecule has 0 heterocycles. The van der Waals surface area contributed by atoms with Crippen LogP contribution < -0.4 is 5.32 Å². The Morgan fingerprint density at radius 1 is 0.882 bits per heavy atom. The fourth-order valence-corrected chi connectivity index (χ4v) is 4.28. The highest BCUT2D eigenvalue weighted by atomic mass is 35.5. The lowest BCUT2D eigenvalue weighted by molar-refractivity contribution is -0.141. The van der Waals surface area contributed by atoms with E-state index in [1.807, 2.05) is 80.6 Å². The second kappa shape index (κ2) is 12.6. The summed E-state index contributed by atoms with van der Waals surface area (Å²) in [6.45, 7) is 4.04. The Labute approximate surface area is 211 Å². The second-order valence-electron chi connectivity index (χ2n) is 8.61. The lowest BCUT2D eigenvalue weighted by Gasteiger charge is -2.32. The minimum atomic E-state index is -0.681. The van der Waals surface area contributed by atoms with E-state index in [-0.39, 0.29) is 30.8 Å². The van der Waals surface area contributed by atoms with Gasteiger partial charge in [0.25, 0.3) is 0 Å². The molecule has 1 N–H and O–H groups in total. The maximum Gasteiger partial charge on any atom is 0.243 e. The van der Waals surface area contributed by atoms with Crippen molar-refractivity contribution in [3.05, 3.63) is 106 Å². The van der Waals surface area contributed by atoms with E-state index in [4.69, 9.17) is 23.2 Å². The fourth-order valence-electron chi connectivity index (χ4n) is 3.81. The lowest BCUT2D eigenvalue weighted by atomic mass is 10.0. The number of carbonyl (C=O) groups is 2. The van der Waals surface area contributed by atoms with Crippen LogP contribution in [0.5, 0.6) is 0 Å². The van der Waals surface area contributed by atoms with Crippen LogP contribution in [0.2, 0.25) is 10.0 Å². The van der Waals surface area contributed by atoms with E-state index in [1.54, 1.807) is 17.0 Å². The molecule has 6 heteroatoms. The Morgan fingerprint density at radius 3 is 2.09 bits per heavy atom. The van der Waals surface area contributed by atoms with Gasteiger partial charge in [-0.05, 0) is 49.1 Å². The summed E-state index contributed by atoms with van der Waals surface area (Å²) in [5.41, 5.74) is 2.80. The molecule has 0 aliphatic heterocycles. The summed E-state index contributed by atoms with van der Waals surface area (Å²) in [5, 5.41) is 3.99. The molecule has 3 aromatic rings. The van der Waals surface area contributed by atoms with Gasteiger partial charge in [0.2, 0.25) is 11.8 Å². The van der Waals surface area contributed by atoms with Gasteiger partial charge in [-0.25, -0.2) is 0 Å². The van der Waals surface area contributed by atoms with Gasteiger partial charge in [0, 0.05) is 35.5 Å². The van der Waals surface area contributed by atoms with Gasteiger partial charge in [-0.2, -0.15) is 0 Å². The fraction of sp³-hybridized carbons (Fsp3) is 0.286. The van der Waals surface area contributed by atoms with Crippen molar-refractivity contribution in [3.8, 4) is 0 Å². The monoisotopic (exact) mass is 496 g/mol. The third-order valence-corrected chi connectivity index (χ3v) is 6.12. The summed E-state index contributed by atoms with van der Waals surface area (Å²) >= 11 is 12.5. The predicted molar refractivity (Wildman–Crippen MR) is 139 cm³/mol. The maximum atomic E-state index is 13.6. The van der Waals surface area contributed by atoms with Crippen LogP contribution >= 0.6 is 23.2 Å². The number of hydrogen-bond acceptors (Lipinski definition) is 2. The number of amides is 2. The summed E-state index contributed by atoms with van der Waals surface area (Å²) in [4.78, 5) is 28.6. The zero-order valence-corrected chi connectivity index (χ0v) is 21.0. The molecule has 0 unspecified atom stereocenters. The van der Waals surface area contributed by atoms with Crippen molar-refractivity contribution < 1.29 is 9.59 Å². The van der Waals surface area contributed by atoms with Crippen LogP contribution in [0.25, 0.3) is 0 Å². The second-order valence-corrected chi connectivity index (χ2v) is 9.46. The summed E-state index contributed by atoms with van der Waals surface area (Å²) in [6.07, 6.45) is 1.28. The van der Waals surface area contributed by atoms with E-state index in [1.165, 1.54) is 0 Å². The van der Waals surface area contributed by atoms with Crippen LogP contribution in [-0.2, 0) is 29.0 Å². The number of nitrogens with one attached hydrogen (secondary N) is 1. The Morgan fingerprint density at radius 2 is 1.50 bits per heavy atom. The van der Waals surface area contributed by atoms with Crippen molar-refractivity contribution in [2.45, 2.75) is 51.7 Å². The summed E-state index contributed by atoms with van der Waals surface area (Å²) in [7, 11) is 0. The smallest absolute Gasteiger partial charge is 0.243 e. The molecule has 0 aliphatic rings. The number of carbonyl (C=O) groups excluding carboxylic acids is 2. The van der Waals surface area contributed by atoms with Gasteiger partial charge in [0.1, 0.15) is 6.04 Å². The third kappa shape index (κ3) is 7.61. The normalized spacial score (nSPS) is 11.8. The summed E-state index contributed by atoms with van der Waals surface area (Å²) in [6, 6.07) is 24.1. The third-order valence-electron chi connectivity index (χ3n) is 5.53. The Hall–Kier alpha value is -2.82. The first-order valence-electron chi connectivity index (χ1n) is 11.4. The molecule has 1 atom stereocenters. The van der Waals surface area contributed by atoms with Gasteiger partial charge >= 0.3 is 0 Å². The molecule has 3 rings (SSSR count). The predicted octanol–water partition coefficient (Wildman–Crippen LogP) is 6.09. The summed E-state index contributed by atoms with van der Waals surface area (Å²) in [5.74, 6) is -0.285. The van der Waals surface area contributed by atoms with Gasteiger partial charge in [-0.1, -0.05) is 89.9 Å². The number of benzene rings is 3. The van der Waals surface area contributed by atoms with Gasteiger partial charge in [-0.15, -0.1) is 0 Å². The van der Waals surface area contributed by atoms with Gasteiger partial charge in [0.15, 0.2) is 0 Å². The zero-order valence-electron chi connectivity index (χ0n) is 19.5. The number of hydrogen-bond donors (Lipinski definition) is 1. The molecular weight excluding hydrogens is 467 g/mol. The number of aryl methyl sites for hydroxylation is 1. The molecule has 0 spiro atoms. The Balaban J connectivity index is 1.93. The van der Waals surface area contributed by atoms with Crippen LogP contribution in [0.4, 0.5) is 0 Å². The molecule has 3 aromatic carbocycles. The van der Waals surface area contributed by atoms with Crippen LogP contribution in [0.15, 0.2) is 78.9 Å². The van der Waals surface area contributed by atoms with Gasteiger partial charge in [-0.3, -0.25) is 9.59 Å². The van der Waals surface area contributed by atoms with E-state index in [2.05, 4.69) is 5.32 Å². The van der Waals surface area contributed by atoms with Crippen molar-refractivity contribution >= 4 is 35.0 Å². The average molecular weight is 497 g/mol. The number of nitrogens with zero attached hydrogens (tertiary/aromatic N) is 1. The largest absolute Gasteiger partial charge is 0.352 e. The highest BCUT2D eigenvalue weighted by Gasteiger charge is 2.31. The minimum Gasteiger partial charge on any atom is -0.352 e. The number of rotatable bonds is 10. The van der Waals surface area contributed by atoms with E-state index in [0.29, 0.717) is 22.9 Å². The molecule has 0 saturated heterocycles. The molecule has 0 bridgehead atoms. The molecule has 0 fully saturated rings. The van der Waals surface area contributed by atoms with Gasteiger partial charge in [0.05, 0.1) is 0 Å². The van der Waals surface area contributed by atoms with Crippen molar-refractivity contribution in [3.63, 3.8) is 0 Å². The minimum absolute atomic E-state index is 0.0498. The molecule has 0 saturated carbocycles. The maximum absolute atomic E-state index is 13.6. The van der Waals surface area contributed by atoms with Crippen LogP contribution in [0.1, 0.15) is 37.0 Å². The first-order chi connectivity index (χ1) is 16.3. The first kappa shape index (κ1) is 25.8. The number of halogens is 2. The van der Waals surface area contributed by atoms with E-state index in [9.17, 15) is 9.59 Å². The standard InChI is InChI=1S/C28H30Cl2N2O2/c1-20(2)31-28(34)26(17-22-11-7-4-8-12-22)32(19-23-14-15-24(29)18-25(23)30)27(33)16-13-21-9-5-3-6-10-21/h3-12,14-15,18,20,26H,13,16-17,19H2,1-2H3,(H,31,34)/t26-/m1/s1. The lowest BCUT2D eigenvalue weighted by Crippen LogP contribution is -2.51. The molecule has 34 heavy (non-hydrogen) atoms. The van der Waals surface area contributed by atoms with Crippen LogP contribution in [0.3, 0.4) is 0 Å². The Kier molecular flexibility index (Phi) is 9.55. The molecule has 2 amide bonds. The van der Waals surface area contributed by atoms with Crippen molar-refractivity contribution in [1.29, 1.82) is 0 Å². The SMILES string of the molecule is CC(C)NC(=O)[C@@H](Cc1ccccc1)N(Cc1ccc(Cl)cc1Cl)C(=O)CCc1ccccc1. The highest BCUT2D eigenvalue weighted by Crippen LogP contribution is 2.24. The Bertz CT molecular complexity index is 1090. The first-order valence-corrected chi connectivity index (χ1v) is 12.2. The highest BCUT2D eigenvalue weighted by molar-refractivity contribution is 6.35. The van der Waals surface area contributed by atoms with E-state index >= 15 is 0 Å². The molecule has 0 aromatic heterocycles. The van der Waals surface area contributed by atoms with Crippen molar-refractivity contribution in [2.75, 3.05) is 0 Å². The average Bonchev–Trinajstić information content (AvgIpc) is 2.82. The zero-order chi connectivity index (χ0) is 24.5. The van der Waals surface area contributed by atoms with Gasteiger partial charge < -0.3 is 10.2 Å². The topological polar surface area (TPSA) is 49.4 Å². The summed E-state index contributed by atoms with van der Waals surface area (Å²) < 4.78 is 0. The molecule has 4 nitrogen and oxygen atoms in total. The van der Waals surface area contributed by atoms with E-state index < -0.39 is 6.04 Å².